The van der Waals surface area contributed by atoms with Gasteiger partial charge in [-0.2, -0.15) is 0 Å². The third kappa shape index (κ3) is 3.12. The van der Waals surface area contributed by atoms with Gasteiger partial charge in [0.15, 0.2) is 0 Å². The Kier molecular flexibility index (Phi) is 3.97. The highest BCUT2D eigenvalue weighted by Crippen LogP contribution is 2.28. The number of piperidine rings is 1. The zero-order chi connectivity index (χ0) is 17.4. The zero-order valence-corrected chi connectivity index (χ0v) is 14.6. The van der Waals surface area contributed by atoms with E-state index in [1.54, 1.807) is 24.8 Å². The van der Waals surface area contributed by atoms with E-state index in [1.807, 2.05) is 16.7 Å². The number of hydrogen-bond donors (Lipinski definition) is 0. The van der Waals surface area contributed by atoms with Crippen LogP contribution in [0.2, 0.25) is 0 Å². The van der Waals surface area contributed by atoms with Crippen LogP contribution in [0.4, 0.5) is 0 Å². The van der Waals surface area contributed by atoms with E-state index in [2.05, 4.69) is 19.9 Å². The lowest BCUT2D eigenvalue weighted by molar-refractivity contribution is 0.318. The Balaban J connectivity index is 1.53. The summed E-state index contributed by atoms with van der Waals surface area (Å²) in [5, 5.41) is 0. The van der Waals surface area contributed by atoms with E-state index in [0.717, 1.165) is 29.9 Å². The Morgan fingerprint density at radius 1 is 1.04 bits per heavy atom. The predicted octanol–water partition coefficient (Wildman–Crippen LogP) is 1.33. The minimum Gasteiger partial charge on any atom is -0.282 e. The van der Waals surface area contributed by atoms with Crippen LogP contribution in [-0.4, -0.2) is 56.4 Å². The summed E-state index contributed by atoms with van der Waals surface area (Å²) in [7, 11) is -3.11. The Morgan fingerprint density at radius 2 is 1.84 bits per heavy atom. The standard InChI is InChI=1S/C16H18N6O2S/c1-25(23,24)21-7-3-12(4-8-21)13-9-19-14(10-18-13)15-11-20-16-17-5-2-6-22(15)16/h2,5-6,9-12H,3-4,7-8H2,1H3. The lowest BCUT2D eigenvalue weighted by Crippen LogP contribution is -2.37. The third-order valence-electron chi connectivity index (χ3n) is 4.56. The molecule has 3 aromatic heterocycles. The van der Waals surface area contributed by atoms with Gasteiger partial charge in [0.05, 0.1) is 30.0 Å². The monoisotopic (exact) mass is 358 g/mol. The molecule has 1 fully saturated rings. The third-order valence-corrected chi connectivity index (χ3v) is 5.87. The first-order valence-electron chi connectivity index (χ1n) is 8.08. The summed E-state index contributed by atoms with van der Waals surface area (Å²) in [6.07, 6.45) is 11.6. The molecule has 1 aliphatic heterocycles. The minimum atomic E-state index is -3.11. The molecule has 3 aromatic rings. The minimum absolute atomic E-state index is 0.239. The molecule has 0 atom stereocenters. The van der Waals surface area contributed by atoms with Crippen molar-refractivity contribution in [3.8, 4) is 11.4 Å². The average molecular weight is 358 g/mol. The first kappa shape index (κ1) is 16.1. The van der Waals surface area contributed by atoms with E-state index < -0.39 is 10.0 Å². The summed E-state index contributed by atoms with van der Waals surface area (Å²) in [6, 6.07) is 1.84. The summed E-state index contributed by atoms with van der Waals surface area (Å²) < 4.78 is 26.6. The molecule has 0 aliphatic carbocycles. The summed E-state index contributed by atoms with van der Waals surface area (Å²) in [4.78, 5) is 17.5. The zero-order valence-electron chi connectivity index (χ0n) is 13.8. The second kappa shape index (κ2) is 6.16. The molecule has 4 rings (SSSR count). The maximum atomic E-state index is 11.6. The van der Waals surface area contributed by atoms with Crippen LogP contribution in [0.3, 0.4) is 0 Å². The van der Waals surface area contributed by atoms with E-state index in [1.165, 1.54) is 10.6 Å². The molecule has 0 aromatic carbocycles. The second-order valence-corrected chi connectivity index (χ2v) is 8.18. The number of imidazole rings is 1. The lowest BCUT2D eigenvalue weighted by Gasteiger charge is -2.29. The van der Waals surface area contributed by atoms with Gasteiger partial charge in [0.2, 0.25) is 15.8 Å². The Bertz CT molecular complexity index is 991. The Labute approximate surface area is 145 Å². The number of rotatable bonds is 3. The summed E-state index contributed by atoms with van der Waals surface area (Å²) >= 11 is 0. The molecule has 8 nitrogen and oxygen atoms in total. The first-order valence-corrected chi connectivity index (χ1v) is 9.93. The van der Waals surface area contributed by atoms with Crippen LogP contribution >= 0.6 is 0 Å². The highest BCUT2D eigenvalue weighted by Gasteiger charge is 2.26. The van der Waals surface area contributed by atoms with Crippen LogP contribution in [0, 0.1) is 0 Å². The second-order valence-electron chi connectivity index (χ2n) is 6.20. The molecule has 0 saturated carbocycles. The summed E-state index contributed by atoms with van der Waals surface area (Å²) in [5.41, 5.74) is 2.48. The highest BCUT2D eigenvalue weighted by molar-refractivity contribution is 7.88. The number of fused-ring (bicyclic) bond motifs is 1. The normalized spacial score (nSPS) is 17.2. The number of aromatic nitrogens is 5. The molecule has 0 radical (unpaired) electrons. The van der Waals surface area contributed by atoms with Crippen molar-refractivity contribution in [1.82, 2.24) is 28.6 Å². The van der Waals surface area contributed by atoms with Gasteiger partial charge in [0.1, 0.15) is 5.69 Å². The van der Waals surface area contributed by atoms with Crippen molar-refractivity contribution in [1.29, 1.82) is 0 Å². The molecule has 0 unspecified atom stereocenters. The number of hydrogen-bond acceptors (Lipinski definition) is 6. The van der Waals surface area contributed by atoms with Crippen molar-refractivity contribution in [2.45, 2.75) is 18.8 Å². The van der Waals surface area contributed by atoms with Crippen molar-refractivity contribution in [3.05, 3.63) is 42.7 Å². The van der Waals surface area contributed by atoms with E-state index in [9.17, 15) is 8.42 Å². The van der Waals surface area contributed by atoms with Gasteiger partial charge < -0.3 is 0 Å². The fourth-order valence-electron chi connectivity index (χ4n) is 3.18. The van der Waals surface area contributed by atoms with Crippen LogP contribution in [0.1, 0.15) is 24.5 Å². The van der Waals surface area contributed by atoms with Crippen molar-refractivity contribution in [2.24, 2.45) is 0 Å². The molecule has 0 N–H and O–H groups in total. The van der Waals surface area contributed by atoms with Crippen molar-refractivity contribution >= 4 is 15.8 Å². The SMILES string of the molecule is CS(=O)(=O)N1CCC(c2cnc(-c3cnc4ncccn34)cn2)CC1. The van der Waals surface area contributed by atoms with Crippen molar-refractivity contribution in [3.63, 3.8) is 0 Å². The molecule has 1 saturated heterocycles. The molecule has 4 heterocycles. The van der Waals surface area contributed by atoms with Crippen LogP contribution in [0.5, 0.6) is 0 Å². The van der Waals surface area contributed by atoms with E-state index >= 15 is 0 Å². The van der Waals surface area contributed by atoms with Gasteiger partial charge in [-0.15, -0.1) is 0 Å². The van der Waals surface area contributed by atoms with E-state index in [0.29, 0.717) is 18.9 Å². The van der Waals surface area contributed by atoms with Crippen LogP contribution in [0.15, 0.2) is 37.1 Å². The Hall–Kier alpha value is -2.39. The Morgan fingerprint density at radius 3 is 2.52 bits per heavy atom. The lowest BCUT2D eigenvalue weighted by atomic mass is 9.95. The topological polar surface area (TPSA) is 93.4 Å². The van der Waals surface area contributed by atoms with Gasteiger partial charge in [0.25, 0.3) is 0 Å². The molecule has 130 valence electrons. The average Bonchev–Trinajstić information content (AvgIpc) is 3.05. The molecule has 0 amide bonds. The molecule has 1 aliphatic rings. The quantitative estimate of drug-likeness (QED) is 0.701. The molecular formula is C16H18N6O2S. The summed E-state index contributed by atoms with van der Waals surface area (Å²) in [5.74, 6) is 0.861. The predicted molar refractivity (Wildman–Crippen MR) is 92.4 cm³/mol. The van der Waals surface area contributed by atoms with Crippen molar-refractivity contribution in [2.75, 3.05) is 19.3 Å². The van der Waals surface area contributed by atoms with E-state index in [4.69, 9.17) is 0 Å². The fraction of sp³-hybridized carbons (Fsp3) is 0.375. The van der Waals surface area contributed by atoms with E-state index in [-0.39, 0.29) is 5.92 Å². The molecule has 0 bridgehead atoms. The van der Waals surface area contributed by atoms with Gasteiger partial charge in [-0.3, -0.25) is 14.4 Å². The van der Waals surface area contributed by atoms with Crippen LogP contribution in [-0.2, 0) is 10.0 Å². The van der Waals surface area contributed by atoms with Crippen LogP contribution < -0.4 is 0 Å². The maximum absolute atomic E-state index is 11.6. The maximum Gasteiger partial charge on any atom is 0.234 e. The molecule has 25 heavy (non-hydrogen) atoms. The van der Waals surface area contributed by atoms with Crippen LogP contribution in [0.25, 0.3) is 17.2 Å². The van der Waals surface area contributed by atoms with Gasteiger partial charge >= 0.3 is 0 Å². The van der Waals surface area contributed by atoms with Gasteiger partial charge in [-0.25, -0.2) is 22.7 Å². The first-order chi connectivity index (χ1) is 12.0. The highest BCUT2D eigenvalue weighted by atomic mass is 32.2. The molecule has 9 heteroatoms. The van der Waals surface area contributed by atoms with Gasteiger partial charge in [-0.1, -0.05) is 0 Å². The number of sulfonamides is 1. The number of nitrogens with zero attached hydrogens (tertiary/aromatic N) is 6. The smallest absolute Gasteiger partial charge is 0.234 e. The fourth-order valence-corrected chi connectivity index (χ4v) is 4.06. The largest absolute Gasteiger partial charge is 0.282 e. The van der Waals surface area contributed by atoms with Gasteiger partial charge in [-0.05, 0) is 18.9 Å². The molecule has 0 spiro atoms. The van der Waals surface area contributed by atoms with Gasteiger partial charge in [0, 0.05) is 37.6 Å². The molecular weight excluding hydrogens is 340 g/mol. The van der Waals surface area contributed by atoms with Crippen molar-refractivity contribution < 1.29 is 8.42 Å². The summed E-state index contributed by atoms with van der Waals surface area (Å²) in [6.45, 7) is 1.07.